The van der Waals surface area contributed by atoms with Gasteiger partial charge in [-0.1, -0.05) is 70.4 Å². The molecular formula is C22H33N. The van der Waals surface area contributed by atoms with Gasteiger partial charge in [0, 0.05) is 16.6 Å². The molecule has 1 aliphatic rings. The van der Waals surface area contributed by atoms with Crippen LogP contribution in [0, 0.1) is 0 Å². The van der Waals surface area contributed by atoms with Crippen molar-refractivity contribution in [1.29, 1.82) is 0 Å². The van der Waals surface area contributed by atoms with Gasteiger partial charge in [-0.2, -0.15) is 0 Å². The number of H-pyrrole nitrogens is 1. The second-order valence-corrected chi connectivity index (χ2v) is 7.35. The number of hydrogen-bond donors (Lipinski definition) is 1. The van der Waals surface area contributed by atoms with Crippen LogP contribution >= 0.6 is 0 Å². The summed E-state index contributed by atoms with van der Waals surface area (Å²) in [6, 6.07) is 6.85. The number of nitrogens with one attached hydrogen (secondary N) is 1. The highest BCUT2D eigenvalue weighted by molar-refractivity contribution is 5.88. The van der Waals surface area contributed by atoms with Gasteiger partial charge in [-0.15, -0.1) is 0 Å². The Labute approximate surface area is 141 Å². The van der Waals surface area contributed by atoms with E-state index in [1.807, 2.05) is 0 Å². The zero-order valence-electron chi connectivity index (χ0n) is 14.9. The minimum absolute atomic E-state index is 1.25. The van der Waals surface area contributed by atoms with E-state index in [1.165, 1.54) is 94.7 Å². The van der Waals surface area contributed by atoms with Gasteiger partial charge >= 0.3 is 0 Å². The Morgan fingerprint density at radius 3 is 2.39 bits per heavy atom. The van der Waals surface area contributed by atoms with Crippen molar-refractivity contribution in [2.45, 2.75) is 90.4 Å². The van der Waals surface area contributed by atoms with Crippen molar-refractivity contribution in [2.24, 2.45) is 0 Å². The largest absolute Gasteiger partial charge is 0.358 e. The summed E-state index contributed by atoms with van der Waals surface area (Å²) in [5.74, 6) is 0. The molecule has 2 aromatic rings. The molecule has 0 aliphatic heterocycles. The van der Waals surface area contributed by atoms with Crippen molar-refractivity contribution in [2.75, 3.05) is 0 Å². The number of aryl methyl sites for hydroxylation is 3. The van der Waals surface area contributed by atoms with E-state index in [1.54, 1.807) is 16.5 Å². The second-order valence-electron chi connectivity index (χ2n) is 7.35. The summed E-state index contributed by atoms with van der Waals surface area (Å²) >= 11 is 0. The fourth-order valence-corrected chi connectivity index (χ4v) is 4.22. The third kappa shape index (κ3) is 4.19. The third-order valence-corrected chi connectivity index (χ3v) is 5.51. The van der Waals surface area contributed by atoms with Crippen molar-refractivity contribution < 1.29 is 0 Å². The van der Waals surface area contributed by atoms with Crippen LogP contribution in [0.2, 0.25) is 0 Å². The van der Waals surface area contributed by atoms with Crippen LogP contribution in [-0.4, -0.2) is 4.98 Å². The SMILES string of the molecule is CCCCCCCCCCCc1cccc2[nH]c3c(c12)CCC3. The number of unbranched alkanes of at least 4 members (excludes halogenated alkanes) is 8. The molecule has 1 heterocycles. The van der Waals surface area contributed by atoms with E-state index in [4.69, 9.17) is 0 Å². The van der Waals surface area contributed by atoms with Crippen LogP contribution in [0.4, 0.5) is 0 Å². The first-order chi connectivity index (χ1) is 11.4. The van der Waals surface area contributed by atoms with E-state index in [9.17, 15) is 0 Å². The molecule has 0 unspecified atom stereocenters. The Kier molecular flexibility index (Phi) is 6.19. The second kappa shape index (κ2) is 8.57. The smallest absolute Gasteiger partial charge is 0.0461 e. The molecule has 0 atom stereocenters. The lowest BCUT2D eigenvalue weighted by molar-refractivity contribution is 0.565. The van der Waals surface area contributed by atoms with Crippen LogP contribution in [0.1, 0.15) is 88.0 Å². The Morgan fingerprint density at radius 1 is 0.870 bits per heavy atom. The molecular weight excluding hydrogens is 278 g/mol. The Morgan fingerprint density at radius 2 is 1.61 bits per heavy atom. The maximum Gasteiger partial charge on any atom is 0.0461 e. The first-order valence-corrected chi connectivity index (χ1v) is 10.0. The predicted octanol–water partition coefficient (Wildman–Crippen LogP) is 6.73. The number of fused-ring (bicyclic) bond motifs is 3. The average Bonchev–Trinajstić information content (AvgIpc) is 3.14. The summed E-state index contributed by atoms with van der Waals surface area (Å²) in [4.78, 5) is 3.65. The number of benzene rings is 1. The molecule has 3 rings (SSSR count). The topological polar surface area (TPSA) is 15.8 Å². The monoisotopic (exact) mass is 311 g/mol. The lowest BCUT2D eigenvalue weighted by atomic mass is 9.99. The van der Waals surface area contributed by atoms with Gasteiger partial charge in [0.15, 0.2) is 0 Å². The van der Waals surface area contributed by atoms with Gasteiger partial charge in [-0.05, 0) is 49.3 Å². The molecule has 1 heteroatoms. The number of rotatable bonds is 10. The average molecular weight is 312 g/mol. The van der Waals surface area contributed by atoms with Gasteiger partial charge in [0.1, 0.15) is 0 Å². The molecule has 1 nitrogen and oxygen atoms in total. The molecule has 1 aromatic heterocycles. The molecule has 126 valence electrons. The van der Waals surface area contributed by atoms with E-state index in [2.05, 4.69) is 30.1 Å². The van der Waals surface area contributed by atoms with Crippen LogP contribution in [0.25, 0.3) is 10.9 Å². The molecule has 0 fully saturated rings. The number of aromatic nitrogens is 1. The van der Waals surface area contributed by atoms with Gasteiger partial charge in [0.05, 0.1) is 0 Å². The highest BCUT2D eigenvalue weighted by atomic mass is 14.7. The quantitative estimate of drug-likeness (QED) is 0.468. The first kappa shape index (κ1) is 16.6. The standard InChI is InChI=1S/C22H33N/c1-2-3-4-5-6-7-8-9-10-13-18-14-11-17-21-22(18)19-15-12-16-20(19)23-21/h11,14,17,23H,2-10,12-13,15-16H2,1H3. The van der Waals surface area contributed by atoms with Crippen molar-refractivity contribution in [3.05, 3.63) is 35.0 Å². The van der Waals surface area contributed by atoms with Crippen molar-refractivity contribution in [1.82, 2.24) is 4.98 Å². The summed E-state index contributed by atoms with van der Waals surface area (Å²) < 4.78 is 0. The normalized spacial score (nSPS) is 13.8. The molecule has 1 aromatic carbocycles. The third-order valence-electron chi connectivity index (χ3n) is 5.51. The Balaban J connectivity index is 1.43. The number of aromatic amines is 1. The van der Waals surface area contributed by atoms with E-state index in [-0.39, 0.29) is 0 Å². The minimum Gasteiger partial charge on any atom is -0.358 e. The highest BCUT2D eigenvalue weighted by Gasteiger charge is 2.18. The molecule has 0 bridgehead atoms. The van der Waals surface area contributed by atoms with Crippen LogP contribution in [0.5, 0.6) is 0 Å². The van der Waals surface area contributed by atoms with E-state index >= 15 is 0 Å². The van der Waals surface area contributed by atoms with E-state index < -0.39 is 0 Å². The Hall–Kier alpha value is -1.24. The van der Waals surface area contributed by atoms with Crippen LogP contribution in [0.3, 0.4) is 0 Å². The summed E-state index contributed by atoms with van der Waals surface area (Å²) in [5.41, 5.74) is 6.11. The van der Waals surface area contributed by atoms with Crippen molar-refractivity contribution >= 4 is 10.9 Å². The van der Waals surface area contributed by atoms with Gasteiger partial charge in [0.2, 0.25) is 0 Å². The van der Waals surface area contributed by atoms with Gasteiger partial charge in [-0.25, -0.2) is 0 Å². The molecule has 1 N–H and O–H groups in total. The lowest BCUT2D eigenvalue weighted by Gasteiger charge is -2.06. The fourth-order valence-electron chi connectivity index (χ4n) is 4.22. The van der Waals surface area contributed by atoms with Crippen LogP contribution < -0.4 is 0 Å². The maximum absolute atomic E-state index is 3.65. The molecule has 0 saturated carbocycles. The molecule has 0 radical (unpaired) electrons. The summed E-state index contributed by atoms with van der Waals surface area (Å²) in [6.45, 7) is 2.29. The molecule has 23 heavy (non-hydrogen) atoms. The van der Waals surface area contributed by atoms with Gasteiger partial charge < -0.3 is 4.98 Å². The molecule has 1 aliphatic carbocycles. The van der Waals surface area contributed by atoms with Crippen molar-refractivity contribution in [3.8, 4) is 0 Å². The van der Waals surface area contributed by atoms with E-state index in [0.717, 1.165) is 0 Å². The van der Waals surface area contributed by atoms with Gasteiger partial charge in [0.25, 0.3) is 0 Å². The zero-order chi connectivity index (χ0) is 15.9. The Bertz CT molecular complexity index is 608. The highest BCUT2D eigenvalue weighted by Crippen LogP contribution is 2.32. The lowest BCUT2D eigenvalue weighted by Crippen LogP contribution is -1.89. The van der Waals surface area contributed by atoms with E-state index in [0.29, 0.717) is 0 Å². The summed E-state index contributed by atoms with van der Waals surface area (Å²) in [7, 11) is 0. The number of hydrogen-bond acceptors (Lipinski definition) is 0. The maximum atomic E-state index is 3.65. The molecule has 0 saturated heterocycles. The zero-order valence-corrected chi connectivity index (χ0v) is 14.9. The predicted molar refractivity (Wildman–Crippen MR) is 101 cm³/mol. The van der Waals surface area contributed by atoms with Gasteiger partial charge in [-0.3, -0.25) is 0 Å². The summed E-state index contributed by atoms with van der Waals surface area (Å²) in [5, 5.41) is 1.57. The van der Waals surface area contributed by atoms with Crippen LogP contribution in [0.15, 0.2) is 18.2 Å². The fraction of sp³-hybridized carbons (Fsp3) is 0.636. The first-order valence-electron chi connectivity index (χ1n) is 10.0. The van der Waals surface area contributed by atoms with Crippen molar-refractivity contribution in [3.63, 3.8) is 0 Å². The molecule has 0 spiro atoms. The summed E-state index contributed by atoms with van der Waals surface area (Å²) in [6.07, 6.45) is 17.9. The minimum atomic E-state index is 1.25. The van der Waals surface area contributed by atoms with Crippen LogP contribution in [-0.2, 0) is 19.3 Å². The molecule has 0 amide bonds.